The number of aryl methyl sites for hydroxylation is 3. The Hall–Kier alpha value is -2.14. The van der Waals surface area contributed by atoms with Gasteiger partial charge < -0.3 is 10.1 Å². The number of anilines is 1. The zero-order valence-corrected chi connectivity index (χ0v) is 14.6. The summed E-state index contributed by atoms with van der Waals surface area (Å²) in [6, 6.07) is 9.44. The number of hydrogen-bond acceptors (Lipinski definition) is 4. The van der Waals surface area contributed by atoms with Gasteiger partial charge in [0.2, 0.25) is 0 Å². The molecule has 1 aromatic carbocycles. The molecule has 0 aliphatic heterocycles. The Kier molecular flexibility index (Phi) is 5.30. The average Bonchev–Trinajstić information content (AvgIpc) is 2.86. The number of nitrogens with one attached hydrogen (secondary N) is 1. The van der Waals surface area contributed by atoms with E-state index < -0.39 is 5.97 Å². The molecule has 1 N–H and O–H groups in total. The average molecular weight is 343 g/mol. The van der Waals surface area contributed by atoms with Gasteiger partial charge in [0.05, 0.1) is 0 Å². The standard InChI is InChI=1S/C19H21NO3S/c1-13-7-5-6-9-15(13)20-18(21)12-23-19(22)17-11-14-8-3-2-4-10-16(14)24-17/h5-7,9,11H,2-4,8,10,12H2,1H3,(H,20,21). The second kappa shape index (κ2) is 7.62. The van der Waals surface area contributed by atoms with Crippen LogP contribution in [0.4, 0.5) is 5.69 Å². The van der Waals surface area contributed by atoms with Gasteiger partial charge in [-0.3, -0.25) is 4.79 Å². The van der Waals surface area contributed by atoms with Gasteiger partial charge in [0.15, 0.2) is 6.61 Å². The molecule has 1 aromatic heterocycles. The van der Waals surface area contributed by atoms with Gasteiger partial charge in [0, 0.05) is 10.6 Å². The van der Waals surface area contributed by atoms with Crippen LogP contribution in [0.2, 0.25) is 0 Å². The first-order valence-electron chi connectivity index (χ1n) is 8.27. The number of ether oxygens (including phenoxy) is 1. The van der Waals surface area contributed by atoms with Gasteiger partial charge in [0.25, 0.3) is 5.91 Å². The SMILES string of the molecule is Cc1ccccc1NC(=O)COC(=O)c1cc2c(s1)CCCCC2. The third kappa shape index (κ3) is 4.03. The van der Waals surface area contributed by atoms with Gasteiger partial charge in [-0.15, -0.1) is 11.3 Å². The van der Waals surface area contributed by atoms with Crippen LogP contribution in [-0.2, 0) is 22.4 Å². The van der Waals surface area contributed by atoms with Crippen LogP contribution in [-0.4, -0.2) is 18.5 Å². The summed E-state index contributed by atoms with van der Waals surface area (Å²) in [6.45, 7) is 1.65. The Morgan fingerprint density at radius 3 is 2.79 bits per heavy atom. The number of carbonyl (C=O) groups excluding carboxylic acids is 2. The van der Waals surface area contributed by atoms with Crippen LogP contribution in [0, 0.1) is 6.92 Å². The van der Waals surface area contributed by atoms with Crippen LogP contribution >= 0.6 is 11.3 Å². The molecule has 126 valence electrons. The minimum atomic E-state index is -0.409. The van der Waals surface area contributed by atoms with Crippen molar-refractivity contribution in [3.05, 3.63) is 51.2 Å². The lowest BCUT2D eigenvalue weighted by atomic mass is 10.1. The number of esters is 1. The summed E-state index contributed by atoms with van der Waals surface area (Å²) in [7, 11) is 0. The first-order chi connectivity index (χ1) is 11.6. The van der Waals surface area contributed by atoms with E-state index in [9.17, 15) is 9.59 Å². The molecule has 1 aliphatic carbocycles. The van der Waals surface area contributed by atoms with E-state index in [1.807, 2.05) is 37.3 Å². The molecular weight excluding hydrogens is 322 g/mol. The van der Waals surface area contributed by atoms with Crippen LogP contribution in [0.3, 0.4) is 0 Å². The second-order valence-electron chi connectivity index (χ2n) is 6.06. The van der Waals surface area contributed by atoms with Crippen molar-refractivity contribution in [3.8, 4) is 0 Å². The summed E-state index contributed by atoms with van der Waals surface area (Å²) in [5, 5.41) is 2.76. The largest absolute Gasteiger partial charge is 0.451 e. The minimum Gasteiger partial charge on any atom is -0.451 e. The predicted octanol–water partition coefficient (Wildman–Crippen LogP) is 4.12. The molecule has 0 atom stereocenters. The van der Waals surface area contributed by atoms with Gasteiger partial charge >= 0.3 is 5.97 Å². The fraction of sp³-hybridized carbons (Fsp3) is 0.368. The van der Waals surface area contributed by atoms with Crippen molar-refractivity contribution in [3.63, 3.8) is 0 Å². The lowest BCUT2D eigenvalue weighted by Crippen LogP contribution is -2.21. The Morgan fingerprint density at radius 2 is 1.96 bits per heavy atom. The van der Waals surface area contributed by atoms with Crippen molar-refractivity contribution >= 4 is 28.9 Å². The number of para-hydroxylation sites is 1. The van der Waals surface area contributed by atoms with Gasteiger partial charge in [-0.1, -0.05) is 24.6 Å². The van der Waals surface area contributed by atoms with Gasteiger partial charge in [-0.2, -0.15) is 0 Å². The zero-order chi connectivity index (χ0) is 16.9. The van der Waals surface area contributed by atoms with Crippen LogP contribution in [0.1, 0.15) is 44.9 Å². The van der Waals surface area contributed by atoms with E-state index >= 15 is 0 Å². The molecule has 0 bridgehead atoms. The van der Waals surface area contributed by atoms with E-state index in [0.29, 0.717) is 4.88 Å². The molecule has 2 aromatic rings. The lowest BCUT2D eigenvalue weighted by molar-refractivity contribution is -0.119. The molecule has 0 saturated carbocycles. The third-order valence-electron chi connectivity index (χ3n) is 4.20. The van der Waals surface area contributed by atoms with Crippen molar-refractivity contribution in [2.24, 2.45) is 0 Å². The molecule has 4 nitrogen and oxygen atoms in total. The van der Waals surface area contributed by atoms with E-state index in [2.05, 4.69) is 5.32 Å². The van der Waals surface area contributed by atoms with E-state index in [0.717, 1.165) is 24.1 Å². The van der Waals surface area contributed by atoms with Gasteiger partial charge in [-0.05, 0) is 55.9 Å². The van der Waals surface area contributed by atoms with Crippen LogP contribution < -0.4 is 5.32 Å². The maximum atomic E-state index is 12.2. The molecule has 3 rings (SSSR count). The summed E-state index contributed by atoms with van der Waals surface area (Å²) in [6.07, 6.45) is 5.69. The summed E-state index contributed by atoms with van der Waals surface area (Å²) < 4.78 is 5.17. The quantitative estimate of drug-likeness (QED) is 0.671. The smallest absolute Gasteiger partial charge is 0.348 e. The fourth-order valence-corrected chi connectivity index (χ4v) is 4.02. The molecule has 24 heavy (non-hydrogen) atoms. The zero-order valence-electron chi connectivity index (χ0n) is 13.8. The normalized spacial score (nSPS) is 13.7. The lowest BCUT2D eigenvalue weighted by Gasteiger charge is -2.08. The number of benzene rings is 1. The van der Waals surface area contributed by atoms with E-state index in [-0.39, 0.29) is 12.5 Å². The highest BCUT2D eigenvalue weighted by molar-refractivity contribution is 7.14. The molecule has 5 heteroatoms. The molecule has 0 spiro atoms. The molecule has 1 aliphatic rings. The number of rotatable bonds is 4. The van der Waals surface area contributed by atoms with E-state index in [4.69, 9.17) is 4.74 Å². The molecule has 1 amide bonds. The summed E-state index contributed by atoms with van der Waals surface area (Å²) >= 11 is 1.51. The van der Waals surface area contributed by atoms with Crippen molar-refractivity contribution in [2.75, 3.05) is 11.9 Å². The van der Waals surface area contributed by atoms with E-state index in [1.54, 1.807) is 0 Å². The summed E-state index contributed by atoms with van der Waals surface area (Å²) in [5.41, 5.74) is 2.98. The third-order valence-corrected chi connectivity index (χ3v) is 5.42. The molecule has 0 unspecified atom stereocenters. The Labute approximate surface area is 145 Å². The van der Waals surface area contributed by atoms with Crippen LogP contribution in [0.25, 0.3) is 0 Å². The molecular formula is C19H21NO3S. The second-order valence-corrected chi connectivity index (χ2v) is 7.20. The fourth-order valence-electron chi connectivity index (χ4n) is 2.87. The number of carbonyl (C=O) groups is 2. The summed E-state index contributed by atoms with van der Waals surface area (Å²) in [4.78, 5) is 26.0. The minimum absolute atomic E-state index is 0.268. The number of thiophene rings is 1. The topological polar surface area (TPSA) is 55.4 Å². The first kappa shape index (κ1) is 16.7. The highest BCUT2D eigenvalue weighted by atomic mass is 32.1. The first-order valence-corrected chi connectivity index (χ1v) is 9.09. The molecule has 0 radical (unpaired) electrons. The predicted molar refractivity (Wildman–Crippen MR) is 95.7 cm³/mol. The van der Waals surface area contributed by atoms with Crippen molar-refractivity contribution in [1.29, 1.82) is 0 Å². The Balaban J connectivity index is 1.55. The number of fused-ring (bicyclic) bond motifs is 1. The monoisotopic (exact) mass is 343 g/mol. The Morgan fingerprint density at radius 1 is 1.17 bits per heavy atom. The highest BCUT2D eigenvalue weighted by Crippen LogP contribution is 2.29. The molecule has 0 fully saturated rings. The molecule has 0 saturated heterocycles. The van der Waals surface area contributed by atoms with Gasteiger partial charge in [0.1, 0.15) is 4.88 Å². The van der Waals surface area contributed by atoms with Crippen molar-refractivity contribution in [2.45, 2.75) is 39.0 Å². The number of amides is 1. The van der Waals surface area contributed by atoms with Crippen molar-refractivity contribution < 1.29 is 14.3 Å². The molecule has 1 heterocycles. The van der Waals surface area contributed by atoms with Crippen LogP contribution in [0.5, 0.6) is 0 Å². The summed E-state index contributed by atoms with van der Waals surface area (Å²) in [5.74, 6) is -0.733. The van der Waals surface area contributed by atoms with E-state index in [1.165, 1.54) is 41.0 Å². The maximum absolute atomic E-state index is 12.2. The maximum Gasteiger partial charge on any atom is 0.348 e. The highest BCUT2D eigenvalue weighted by Gasteiger charge is 2.18. The van der Waals surface area contributed by atoms with Crippen LogP contribution in [0.15, 0.2) is 30.3 Å². The van der Waals surface area contributed by atoms with Gasteiger partial charge in [-0.25, -0.2) is 4.79 Å². The van der Waals surface area contributed by atoms with Crippen molar-refractivity contribution in [1.82, 2.24) is 0 Å². The Bertz CT molecular complexity index is 727. The number of hydrogen-bond donors (Lipinski definition) is 1.